The molecule has 0 saturated carbocycles. The highest BCUT2D eigenvalue weighted by molar-refractivity contribution is 5.91. The summed E-state index contributed by atoms with van der Waals surface area (Å²) < 4.78 is 0. The molecule has 0 spiro atoms. The molecule has 0 saturated heterocycles. The second-order valence-electron chi connectivity index (χ2n) is 3.74. The van der Waals surface area contributed by atoms with E-state index >= 15 is 0 Å². The maximum atomic E-state index is 10.9. The number of carbonyl (C=O) groups is 1. The quantitative estimate of drug-likeness (QED) is 0.609. The van der Waals surface area contributed by atoms with E-state index in [1.165, 1.54) is 36.4 Å². The first-order valence-electron chi connectivity index (χ1n) is 5.07. The lowest BCUT2D eigenvalue weighted by atomic mass is 10.0. The van der Waals surface area contributed by atoms with Crippen molar-refractivity contribution in [2.45, 2.75) is 0 Å². The van der Waals surface area contributed by atoms with E-state index in [1.807, 2.05) is 0 Å². The lowest BCUT2D eigenvalue weighted by Crippen LogP contribution is -1.96. The van der Waals surface area contributed by atoms with Gasteiger partial charge in [0.25, 0.3) is 0 Å². The van der Waals surface area contributed by atoms with Gasteiger partial charge in [-0.25, -0.2) is 4.79 Å². The zero-order valence-corrected chi connectivity index (χ0v) is 9.16. The van der Waals surface area contributed by atoms with Crippen LogP contribution in [0.25, 0.3) is 11.1 Å². The molecule has 0 aliphatic carbocycles. The van der Waals surface area contributed by atoms with E-state index in [9.17, 15) is 20.1 Å². The van der Waals surface area contributed by atoms with Crippen molar-refractivity contribution in [3.05, 3.63) is 42.0 Å². The predicted molar refractivity (Wildman–Crippen MR) is 63.8 cm³/mol. The zero-order chi connectivity index (χ0) is 13.3. The van der Waals surface area contributed by atoms with E-state index < -0.39 is 5.97 Å². The molecule has 18 heavy (non-hydrogen) atoms. The van der Waals surface area contributed by atoms with Crippen molar-refractivity contribution < 1.29 is 25.2 Å². The Morgan fingerprint density at radius 2 is 1.39 bits per heavy atom. The summed E-state index contributed by atoms with van der Waals surface area (Å²) >= 11 is 0. The Balaban J connectivity index is 2.66. The lowest BCUT2D eigenvalue weighted by Gasteiger charge is -2.08. The molecule has 2 aromatic rings. The molecular weight excluding hydrogens is 236 g/mol. The second-order valence-corrected chi connectivity index (χ2v) is 3.74. The summed E-state index contributed by atoms with van der Waals surface area (Å²) in [5.74, 6) is -1.58. The van der Waals surface area contributed by atoms with Gasteiger partial charge in [-0.2, -0.15) is 0 Å². The average molecular weight is 246 g/mol. The number of carboxylic acid groups (broad SMARTS) is 1. The van der Waals surface area contributed by atoms with Crippen molar-refractivity contribution in [1.29, 1.82) is 0 Å². The number of aromatic hydroxyl groups is 3. The predicted octanol–water partition coefficient (Wildman–Crippen LogP) is 2.17. The Hall–Kier alpha value is -2.69. The molecular formula is C13H10O5. The highest BCUT2D eigenvalue weighted by Crippen LogP contribution is 2.37. The Labute approximate surface area is 102 Å². The monoisotopic (exact) mass is 246 g/mol. The first-order chi connectivity index (χ1) is 8.49. The second kappa shape index (κ2) is 4.29. The average Bonchev–Trinajstić information content (AvgIpc) is 2.33. The molecule has 5 nitrogen and oxygen atoms in total. The standard InChI is InChI=1S/C13H10O5/c14-8-2-4-12(16)10(6-8)9-5-7(13(17)18)1-3-11(9)15/h1-6,14-16H,(H,17,18). The summed E-state index contributed by atoms with van der Waals surface area (Å²) in [5, 5.41) is 37.6. The molecule has 0 fully saturated rings. The first-order valence-corrected chi connectivity index (χ1v) is 5.07. The van der Waals surface area contributed by atoms with E-state index in [1.54, 1.807) is 0 Å². The van der Waals surface area contributed by atoms with Crippen LogP contribution in [0.3, 0.4) is 0 Å². The van der Waals surface area contributed by atoms with Crippen LogP contribution in [0.15, 0.2) is 36.4 Å². The van der Waals surface area contributed by atoms with Crippen molar-refractivity contribution in [3.8, 4) is 28.4 Å². The zero-order valence-electron chi connectivity index (χ0n) is 9.16. The molecule has 0 bridgehead atoms. The van der Waals surface area contributed by atoms with Crippen molar-refractivity contribution in [3.63, 3.8) is 0 Å². The van der Waals surface area contributed by atoms with Gasteiger partial charge in [-0.05, 0) is 36.4 Å². The molecule has 0 aliphatic heterocycles. The van der Waals surface area contributed by atoms with Crippen molar-refractivity contribution in [2.24, 2.45) is 0 Å². The number of rotatable bonds is 2. The van der Waals surface area contributed by atoms with E-state index in [0.717, 1.165) is 0 Å². The van der Waals surface area contributed by atoms with Crippen LogP contribution in [0.4, 0.5) is 0 Å². The van der Waals surface area contributed by atoms with Crippen molar-refractivity contribution in [1.82, 2.24) is 0 Å². The summed E-state index contributed by atoms with van der Waals surface area (Å²) in [6, 6.07) is 7.50. The van der Waals surface area contributed by atoms with Gasteiger partial charge in [-0.1, -0.05) is 0 Å². The molecule has 2 rings (SSSR count). The minimum Gasteiger partial charge on any atom is -0.508 e. The number of carboxylic acids is 1. The Morgan fingerprint density at radius 1 is 0.833 bits per heavy atom. The largest absolute Gasteiger partial charge is 0.508 e. The molecule has 4 N–H and O–H groups in total. The van der Waals surface area contributed by atoms with Crippen LogP contribution < -0.4 is 0 Å². The third kappa shape index (κ3) is 2.06. The molecule has 5 heteroatoms. The van der Waals surface area contributed by atoms with E-state index in [2.05, 4.69) is 0 Å². The van der Waals surface area contributed by atoms with Gasteiger partial charge in [0.15, 0.2) is 0 Å². The molecule has 0 atom stereocenters. The number of hydrogen-bond acceptors (Lipinski definition) is 4. The topological polar surface area (TPSA) is 98.0 Å². The number of hydrogen-bond donors (Lipinski definition) is 4. The third-order valence-corrected chi connectivity index (χ3v) is 2.51. The molecule has 92 valence electrons. The summed E-state index contributed by atoms with van der Waals surface area (Å²) in [7, 11) is 0. The fraction of sp³-hybridized carbons (Fsp3) is 0. The van der Waals surface area contributed by atoms with Gasteiger partial charge >= 0.3 is 5.97 Å². The molecule has 0 amide bonds. The minimum absolute atomic E-state index is 0.0226. The van der Waals surface area contributed by atoms with Gasteiger partial charge in [0.1, 0.15) is 17.2 Å². The maximum Gasteiger partial charge on any atom is 0.335 e. The number of phenols is 3. The van der Waals surface area contributed by atoms with Gasteiger partial charge in [0, 0.05) is 11.1 Å². The molecule has 0 unspecified atom stereocenters. The van der Waals surface area contributed by atoms with Gasteiger partial charge in [0.05, 0.1) is 5.56 Å². The van der Waals surface area contributed by atoms with Crippen LogP contribution in [0, 0.1) is 0 Å². The first kappa shape index (κ1) is 11.8. The maximum absolute atomic E-state index is 10.9. The molecule has 0 radical (unpaired) electrons. The summed E-state index contributed by atoms with van der Waals surface area (Å²) in [4.78, 5) is 10.9. The van der Waals surface area contributed by atoms with Crippen molar-refractivity contribution in [2.75, 3.05) is 0 Å². The lowest BCUT2D eigenvalue weighted by molar-refractivity contribution is 0.0697. The van der Waals surface area contributed by atoms with Crippen molar-refractivity contribution >= 4 is 5.97 Å². The Kier molecular flexibility index (Phi) is 2.81. The molecule has 0 aromatic heterocycles. The van der Waals surface area contributed by atoms with Crippen LogP contribution >= 0.6 is 0 Å². The van der Waals surface area contributed by atoms with Crippen LogP contribution in [-0.4, -0.2) is 26.4 Å². The molecule has 0 heterocycles. The molecule has 0 aliphatic rings. The molecule has 2 aromatic carbocycles. The van der Waals surface area contributed by atoms with Crippen LogP contribution in [0.2, 0.25) is 0 Å². The van der Waals surface area contributed by atoms with Gasteiger partial charge in [0.2, 0.25) is 0 Å². The van der Waals surface area contributed by atoms with E-state index in [-0.39, 0.29) is 33.9 Å². The highest BCUT2D eigenvalue weighted by Gasteiger charge is 2.13. The van der Waals surface area contributed by atoms with Gasteiger partial charge in [-0.3, -0.25) is 0 Å². The minimum atomic E-state index is -1.14. The smallest absolute Gasteiger partial charge is 0.335 e. The van der Waals surface area contributed by atoms with E-state index in [4.69, 9.17) is 5.11 Å². The number of benzene rings is 2. The fourth-order valence-corrected chi connectivity index (χ4v) is 1.62. The fourth-order valence-electron chi connectivity index (χ4n) is 1.62. The number of phenolic OH excluding ortho intramolecular Hbond substituents is 3. The number of aromatic carboxylic acids is 1. The summed E-state index contributed by atoms with van der Waals surface area (Å²) in [6.07, 6.45) is 0. The third-order valence-electron chi connectivity index (χ3n) is 2.51. The SMILES string of the molecule is O=C(O)c1ccc(O)c(-c2cc(O)ccc2O)c1. The Bertz CT molecular complexity index is 619. The van der Waals surface area contributed by atoms with Gasteiger partial charge in [-0.15, -0.1) is 0 Å². The van der Waals surface area contributed by atoms with Crippen LogP contribution in [-0.2, 0) is 0 Å². The summed E-state index contributed by atoms with van der Waals surface area (Å²) in [5.41, 5.74) is 0.282. The summed E-state index contributed by atoms with van der Waals surface area (Å²) in [6.45, 7) is 0. The normalized spacial score (nSPS) is 10.2. The van der Waals surface area contributed by atoms with Crippen LogP contribution in [0.5, 0.6) is 17.2 Å². The Morgan fingerprint density at radius 3 is 2.00 bits per heavy atom. The highest BCUT2D eigenvalue weighted by atomic mass is 16.4. The van der Waals surface area contributed by atoms with Crippen LogP contribution in [0.1, 0.15) is 10.4 Å². The van der Waals surface area contributed by atoms with E-state index in [0.29, 0.717) is 0 Å². The van der Waals surface area contributed by atoms with Gasteiger partial charge < -0.3 is 20.4 Å².